The van der Waals surface area contributed by atoms with Crippen LogP contribution in [0.15, 0.2) is 53.4 Å². The minimum absolute atomic E-state index is 0.101. The second-order valence-corrected chi connectivity index (χ2v) is 7.21. The number of rotatable bonds is 4. The van der Waals surface area contributed by atoms with Crippen LogP contribution in [-0.4, -0.2) is 20.6 Å². The molecule has 1 N–H and O–H groups in total. The van der Waals surface area contributed by atoms with E-state index in [2.05, 4.69) is 5.32 Å². The highest BCUT2D eigenvalue weighted by Crippen LogP contribution is 2.22. The Morgan fingerprint density at radius 3 is 2.39 bits per heavy atom. The van der Waals surface area contributed by atoms with Gasteiger partial charge in [0.05, 0.1) is 15.6 Å². The zero-order valence-electron chi connectivity index (χ0n) is 12.1. The van der Waals surface area contributed by atoms with Crippen LogP contribution in [0.4, 0.5) is 10.1 Å². The van der Waals surface area contributed by atoms with Gasteiger partial charge in [-0.2, -0.15) is 0 Å². The molecule has 2 rings (SSSR count). The van der Waals surface area contributed by atoms with Crippen molar-refractivity contribution in [1.82, 2.24) is 0 Å². The van der Waals surface area contributed by atoms with Gasteiger partial charge < -0.3 is 5.32 Å². The van der Waals surface area contributed by atoms with Gasteiger partial charge in [0, 0.05) is 12.3 Å². The van der Waals surface area contributed by atoms with Crippen molar-refractivity contribution in [1.29, 1.82) is 0 Å². The van der Waals surface area contributed by atoms with Gasteiger partial charge in [-0.15, -0.1) is 0 Å². The average molecular weight is 354 g/mol. The number of anilines is 1. The summed E-state index contributed by atoms with van der Waals surface area (Å²) in [6.07, 6.45) is 3.92. The maximum atomic E-state index is 12.9. The van der Waals surface area contributed by atoms with E-state index >= 15 is 0 Å². The molecule has 0 aliphatic rings. The fourth-order valence-electron chi connectivity index (χ4n) is 1.76. The molecule has 0 atom stereocenters. The normalized spacial score (nSPS) is 11.6. The summed E-state index contributed by atoms with van der Waals surface area (Å²) < 4.78 is 35.6. The fourth-order valence-corrected chi connectivity index (χ4v) is 2.61. The van der Waals surface area contributed by atoms with Crippen molar-refractivity contribution in [3.05, 3.63) is 64.9 Å². The molecule has 1 amide bonds. The van der Waals surface area contributed by atoms with Crippen molar-refractivity contribution < 1.29 is 17.6 Å². The number of amides is 1. The standard InChI is InChI=1S/C16H13ClFNO3S/c1-23(21,22)13-6-2-11(3-7-13)4-9-16(20)19-15-8-5-12(18)10-14(15)17/h2-10H,1H3,(H,19,20)/b9-4+. The van der Waals surface area contributed by atoms with Gasteiger partial charge in [-0.25, -0.2) is 12.8 Å². The number of carbonyl (C=O) groups is 1. The molecule has 2 aromatic carbocycles. The van der Waals surface area contributed by atoms with Gasteiger partial charge in [0.2, 0.25) is 5.91 Å². The highest BCUT2D eigenvalue weighted by Gasteiger charge is 2.06. The lowest BCUT2D eigenvalue weighted by Crippen LogP contribution is -2.08. The number of nitrogens with one attached hydrogen (secondary N) is 1. The van der Waals surface area contributed by atoms with Crippen molar-refractivity contribution in [2.75, 3.05) is 11.6 Å². The Kier molecular flexibility index (Phi) is 5.18. The molecule has 23 heavy (non-hydrogen) atoms. The maximum Gasteiger partial charge on any atom is 0.248 e. The molecule has 0 heterocycles. The van der Waals surface area contributed by atoms with Gasteiger partial charge in [-0.1, -0.05) is 23.7 Å². The van der Waals surface area contributed by atoms with E-state index in [0.717, 1.165) is 12.3 Å². The zero-order valence-corrected chi connectivity index (χ0v) is 13.7. The summed E-state index contributed by atoms with van der Waals surface area (Å²) in [5, 5.41) is 2.62. The lowest BCUT2D eigenvalue weighted by molar-refractivity contribution is -0.111. The highest BCUT2D eigenvalue weighted by molar-refractivity contribution is 7.90. The molecule has 0 aliphatic carbocycles. The lowest BCUT2D eigenvalue weighted by atomic mass is 10.2. The smallest absolute Gasteiger partial charge is 0.248 e. The quantitative estimate of drug-likeness (QED) is 0.855. The summed E-state index contributed by atoms with van der Waals surface area (Å²) in [5.41, 5.74) is 0.966. The molecule has 0 saturated carbocycles. The largest absolute Gasteiger partial charge is 0.321 e. The van der Waals surface area contributed by atoms with E-state index in [0.29, 0.717) is 11.3 Å². The lowest BCUT2D eigenvalue weighted by Gasteiger charge is -2.04. The Hall–Kier alpha value is -2.18. The molecule has 0 fully saturated rings. The molecule has 0 unspecified atom stereocenters. The fraction of sp³-hybridized carbons (Fsp3) is 0.0625. The van der Waals surface area contributed by atoms with Crippen LogP contribution in [0, 0.1) is 5.82 Å². The van der Waals surface area contributed by atoms with Crippen molar-refractivity contribution in [3.63, 3.8) is 0 Å². The SMILES string of the molecule is CS(=O)(=O)c1ccc(/C=C/C(=O)Nc2ccc(F)cc2Cl)cc1. The predicted octanol–water partition coefficient (Wildman–Crippen LogP) is 3.53. The summed E-state index contributed by atoms with van der Waals surface area (Å²) in [4.78, 5) is 12.0. The van der Waals surface area contributed by atoms with Gasteiger partial charge in [0.1, 0.15) is 5.82 Å². The van der Waals surface area contributed by atoms with E-state index in [-0.39, 0.29) is 9.92 Å². The molecule has 0 bridgehead atoms. The average Bonchev–Trinajstić information content (AvgIpc) is 2.47. The molecule has 0 spiro atoms. The van der Waals surface area contributed by atoms with E-state index in [1.54, 1.807) is 12.1 Å². The van der Waals surface area contributed by atoms with Crippen LogP contribution < -0.4 is 5.32 Å². The number of halogens is 2. The van der Waals surface area contributed by atoms with E-state index in [1.807, 2.05) is 0 Å². The number of hydrogen-bond acceptors (Lipinski definition) is 3. The molecule has 0 aliphatic heterocycles. The minimum atomic E-state index is -3.25. The molecule has 2 aromatic rings. The summed E-state index contributed by atoms with van der Waals surface area (Å²) >= 11 is 5.82. The van der Waals surface area contributed by atoms with E-state index in [9.17, 15) is 17.6 Å². The molecule has 0 saturated heterocycles. The minimum Gasteiger partial charge on any atom is -0.321 e. The molecular weight excluding hydrogens is 341 g/mol. The predicted molar refractivity (Wildman–Crippen MR) is 88.6 cm³/mol. The third-order valence-corrected chi connectivity index (χ3v) is 4.37. The molecule has 0 aromatic heterocycles. The van der Waals surface area contributed by atoms with Crippen molar-refractivity contribution >= 4 is 39.1 Å². The van der Waals surface area contributed by atoms with Gasteiger partial charge in [-0.05, 0) is 42.0 Å². The molecule has 7 heteroatoms. The van der Waals surface area contributed by atoms with Crippen molar-refractivity contribution in [2.24, 2.45) is 0 Å². The van der Waals surface area contributed by atoms with Crippen LogP contribution >= 0.6 is 11.6 Å². The van der Waals surface area contributed by atoms with E-state index < -0.39 is 21.6 Å². The molecular formula is C16H13ClFNO3S. The molecule has 120 valence electrons. The van der Waals surface area contributed by atoms with Crippen LogP contribution in [0.25, 0.3) is 6.08 Å². The number of carbonyl (C=O) groups excluding carboxylic acids is 1. The highest BCUT2D eigenvalue weighted by atomic mass is 35.5. The van der Waals surface area contributed by atoms with Gasteiger partial charge >= 0.3 is 0 Å². The van der Waals surface area contributed by atoms with Crippen LogP contribution in [0.3, 0.4) is 0 Å². The van der Waals surface area contributed by atoms with Crippen LogP contribution in [0.1, 0.15) is 5.56 Å². The Bertz CT molecular complexity index is 861. The monoisotopic (exact) mass is 353 g/mol. The first-order valence-electron chi connectivity index (χ1n) is 6.50. The summed E-state index contributed by atoms with van der Waals surface area (Å²) in [6, 6.07) is 9.76. The second-order valence-electron chi connectivity index (χ2n) is 4.79. The third kappa shape index (κ3) is 4.91. The number of benzene rings is 2. The first kappa shape index (κ1) is 17.2. The topological polar surface area (TPSA) is 63.2 Å². The number of hydrogen-bond donors (Lipinski definition) is 1. The molecule has 4 nitrogen and oxygen atoms in total. The molecule has 0 radical (unpaired) electrons. The summed E-state index contributed by atoms with van der Waals surface area (Å²) in [5.74, 6) is -0.930. The van der Waals surface area contributed by atoms with Gasteiger partial charge in [0.15, 0.2) is 9.84 Å². The maximum absolute atomic E-state index is 12.9. The van der Waals surface area contributed by atoms with E-state index in [1.165, 1.54) is 36.4 Å². The Morgan fingerprint density at radius 1 is 1.17 bits per heavy atom. The third-order valence-electron chi connectivity index (χ3n) is 2.92. The van der Waals surface area contributed by atoms with Crippen LogP contribution in [-0.2, 0) is 14.6 Å². The second kappa shape index (κ2) is 6.93. The Balaban J connectivity index is 2.06. The van der Waals surface area contributed by atoms with Crippen molar-refractivity contribution in [3.8, 4) is 0 Å². The van der Waals surface area contributed by atoms with Crippen LogP contribution in [0.2, 0.25) is 5.02 Å². The zero-order chi connectivity index (χ0) is 17.0. The van der Waals surface area contributed by atoms with E-state index in [4.69, 9.17) is 11.6 Å². The first-order valence-corrected chi connectivity index (χ1v) is 8.77. The van der Waals surface area contributed by atoms with Crippen LogP contribution in [0.5, 0.6) is 0 Å². The summed E-state index contributed by atoms with van der Waals surface area (Å²) in [6.45, 7) is 0. The van der Waals surface area contributed by atoms with Gasteiger partial charge in [0.25, 0.3) is 0 Å². The van der Waals surface area contributed by atoms with Gasteiger partial charge in [-0.3, -0.25) is 4.79 Å². The Labute approximate surface area is 138 Å². The Morgan fingerprint density at radius 2 is 1.83 bits per heavy atom. The summed E-state index contributed by atoms with van der Waals surface area (Å²) in [7, 11) is -3.25. The number of sulfone groups is 1. The first-order chi connectivity index (χ1) is 10.8. The van der Waals surface area contributed by atoms with Crippen molar-refractivity contribution in [2.45, 2.75) is 4.90 Å².